The lowest BCUT2D eigenvalue weighted by Gasteiger charge is -2.32. The van der Waals surface area contributed by atoms with Gasteiger partial charge in [0, 0.05) is 18.8 Å². The number of aromatic nitrogens is 2. The SMILES string of the molecule is Cc1ccccc1NC(=O)C1CCCN(c2nc3ccccc3[nH]c2=O)C1. The van der Waals surface area contributed by atoms with Gasteiger partial charge in [-0.15, -0.1) is 0 Å². The molecule has 1 saturated heterocycles. The molecule has 0 radical (unpaired) electrons. The van der Waals surface area contributed by atoms with Crippen LogP contribution in [-0.2, 0) is 4.79 Å². The highest BCUT2D eigenvalue weighted by atomic mass is 16.2. The first-order chi connectivity index (χ1) is 13.1. The average Bonchev–Trinajstić information content (AvgIpc) is 2.69. The summed E-state index contributed by atoms with van der Waals surface area (Å²) >= 11 is 0. The number of fused-ring (bicyclic) bond motifs is 1. The van der Waals surface area contributed by atoms with Crippen molar-refractivity contribution in [2.24, 2.45) is 5.92 Å². The lowest BCUT2D eigenvalue weighted by Crippen LogP contribution is -2.43. The normalized spacial score (nSPS) is 17.1. The Kier molecular flexibility index (Phi) is 4.62. The maximum absolute atomic E-state index is 12.7. The van der Waals surface area contributed by atoms with E-state index in [1.54, 1.807) is 0 Å². The van der Waals surface area contributed by atoms with Crippen LogP contribution in [0.25, 0.3) is 11.0 Å². The van der Waals surface area contributed by atoms with Crippen LogP contribution in [0, 0.1) is 12.8 Å². The highest BCUT2D eigenvalue weighted by Crippen LogP contribution is 2.23. The monoisotopic (exact) mass is 362 g/mol. The number of piperidine rings is 1. The van der Waals surface area contributed by atoms with Crippen molar-refractivity contribution in [2.75, 3.05) is 23.3 Å². The maximum atomic E-state index is 12.7. The molecule has 0 spiro atoms. The number of rotatable bonds is 3. The zero-order chi connectivity index (χ0) is 18.8. The van der Waals surface area contributed by atoms with Crippen molar-refractivity contribution in [1.29, 1.82) is 0 Å². The van der Waals surface area contributed by atoms with Gasteiger partial charge in [0.25, 0.3) is 5.56 Å². The fourth-order valence-electron chi connectivity index (χ4n) is 3.57. The molecule has 2 heterocycles. The van der Waals surface area contributed by atoms with E-state index in [9.17, 15) is 9.59 Å². The Hall–Kier alpha value is -3.15. The van der Waals surface area contributed by atoms with E-state index in [2.05, 4.69) is 15.3 Å². The largest absolute Gasteiger partial charge is 0.351 e. The molecule has 6 heteroatoms. The third-order valence-corrected chi connectivity index (χ3v) is 5.08. The van der Waals surface area contributed by atoms with Crippen LogP contribution in [-0.4, -0.2) is 29.0 Å². The van der Waals surface area contributed by atoms with Gasteiger partial charge in [-0.05, 0) is 43.5 Å². The van der Waals surface area contributed by atoms with E-state index in [1.165, 1.54) is 0 Å². The lowest BCUT2D eigenvalue weighted by atomic mass is 9.97. The number of aryl methyl sites for hydroxylation is 1. The zero-order valence-corrected chi connectivity index (χ0v) is 15.2. The van der Waals surface area contributed by atoms with Gasteiger partial charge in [0.05, 0.1) is 17.0 Å². The summed E-state index contributed by atoms with van der Waals surface area (Å²) in [5.74, 6) is 0.208. The van der Waals surface area contributed by atoms with Gasteiger partial charge >= 0.3 is 0 Å². The molecule has 6 nitrogen and oxygen atoms in total. The van der Waals surface area contributed by atoms with Crippen LogP contribution in [0.2, 0.25) is 0 Å². The molecule has 1 atom stereocenters. The summed E-state index contributed by atoms with van der Waals surface area (Å²) in [5.41, 5.74) is 3.12. The van der Waals surface area contributed by atoms with Crippen LogP contribution in [0.4, 0.5) is 11.5 Å². The van der Waals surface area contributed by atoms with Gasteiger partial charge in [0.1, 0.15) is 0 Å². The van der Waals surface area contributed by atoms with Gasteiger partial charge in [0.2, 0.25) is 5.91 Å². The highest BCUT2D eigenvalue weighted by Gasteiger charge is 2.28. The number of benzene rings is 2. The molecule has 2 aromatic carbocycles. The summed E-state index contributed by atoms with van der Waals surface area (Å²) in [5, 5.41) is 3.02. The van der Waals surface area contributed by atoms with E-state index in [1.807, 2.05) is 60.4 Å². The van der Waals surface area contributed by atoms with Crippen LogP contribution in [0.15, 0.2) is 53.3 Å². The molecule has 1 aromatic heterocycles. The number of aromatic amines is 1. The number of hydrogen-bond acceptors (Lipinski definition) is 4. The van der Waals surface area contributed by atoms with Gasteiger partial charge < -0.3 is 15.2 Å². The first-order valence-corrected chi connectivity index (χ1v) is 9.22. The van der Waals surface area contributed by atoms with E-state index in [0.717, 1.165) is 41.7 Å². The van der Waals surface area contributed by atoms with Crippen molar-refractivity contribution in [1.82, 2.24) is 9.97 Å². The quantitative estimate of drug-likeness (QED) is 0.750. The highest BCUT2D eigenvalue weighted by molar-refractivity contribution is 5.93. The van der Waals surface area contributed by atoms with Crippen LogP contribution >= 0.6 is 0 Å². The minimum absolute atomic E-state index is 0.00813. The van der Waals surface area contributed by atoms with Crippen LogP contribution in [0.5, 0.6) is 0 Å². The van der Waals surface area contributed by atoms with E-state index < -0.39 is 0 Å². The number of para-hydroxylation sites is 3. The van der Waals surface area contributed by atoms with Crippen LogP contribution in [0.1, 0.15) is 18.4 Å². The zero-order valence-electron chi connectivity index (χ0n) is 15.2. The number of carbonyl (C=O) groups excluding carboxylic acids is 1. The van der Waals surface area contributed by atoms with Crippen LogP contribution < -0.4 is 15.8 Å². The van der Waals surface area contributed by atoms with E-state index in [-0.39, 0.29) is 17.4 Å². The molecular weight excluding hydrogens is 340 g/mol. The summed E-state index contributed by atoms with van der Waals surface area (Å²) in [7, 11) is 0. The minimum atomic E-state index is -0.214. The third kappa shape index (κ3) is 3.56. The molecule has 1 amide bonds. The first kappa shape index (κ1) is 17.3. The molecule has 138 valence electrons. The number of H-pyrrole nitrogens is 1. The van der Waals surface area contributed by atoms with Crippen molar-refractivity contribution < 1.29 is 4.79 Å². The lowest BCUT2D eigenvalue weighted by molar-refractivity contribution is -0.120. The topological polar surface area (TPSA) is 78.1 Å². The molecule has 1 aliphatic rings. The number of anilines is 2. The Bertz CT molecular complexity index is 1040. The molecular formula is C21H22N4O2. The smallest absolute Gasteiger partial charge is 0.291 e. The van der Waals surface area contributed by atoms with Gasteiger partial charge in [-0.3, -0.25) is 9.59 Å². The molecule has 27 heavy (non-hydrogen) atoms. The fraction of sp³-hybridized carbons (Fsp3) is 0.286. The molecule has 0 aliphatic carbocycles. The molecule has 2 N–H and O–H groups in total. The Morgan fingerprint density at radius 3 is 2.81 bits per heavy atom. The predicted octanol–water partition coefficient (Wildman–Crippen LogP) is 3.09. The maximum Gasteiger partial charge on any atom is 0.291 e. The molecule has 1 unspecified atom stereocenters. The second-order valence-electron chi connectivity index (χ2n) is 7.00. The molecule has 0 bridgehead atoms. The Balaban J connectivity index is 1.54. The van der Waals surface area contributed by atoms with E-state index in [0.29, 0.717) is 12.4 Å². The first-order valence-electron chi connectivity index (χ1n) is 9.22. The number of nitrogens with zero attached hydrogens (tertiary/aromatic N) is 2. The number of hydrogen-bond donors (Lipinski definition) is 2. The van der Waals surface area contributed by atoms with Crippen molar-refractivity contribution in [2.45, 2.75) is 19.8 Å². The average molecular weight is 362 g/mol. The van der Waals surface area contributed by atoms with Gasteiger partial charge in [-0.25, -0.2) is 4.98 Å². The summed E-state index contributed by atoms with van der Waals surface area (Å²) in [6.07, 6.45) is 1.65. The van der Waals surface area contributed by atoms with E-state index >= 15 is 0 Å². The second-order valence-corrected chi connectivity index (χ2v) is 7.00. The second kappa shape index (κ2) is 7.23. The Morgan fingerprint density at radius 1 is 1.19 bits per heavy atom. The predicted molar refractivity (Wildman–Crippen MR) is 107 cm³/mol. The minimum Gasteiger partial charge on any atom is -0.351 e. The van der Waals surface area contributed by atoms with Crippen molar-refractivity contribution in [3.8, 4) is 0 Å². The number of amides is 1. The summed E-state index contributed by atoms with van der Waals surface area (Å²) in [6.45, 7) is 3.19. The van der Waals surface area contributed by atoms with Gasteiger partial charge in [0.15, 0.2) is 5.82 Å². The summed E-state index contributed by atoms with van der Waals surface area (Å²) < 4.78 is 0. The van der Waals surface area contributed by atoms with Crippen molar-refractivity contribution >= 4 is 28.4 Å². The van der Waals surface area contributed by atoms with E-state index in [4.69, 9.17) is 0 Å². The fourth-order valence-corrected chi connectivity index (χ4v) is 3.57. The third-order valence-electron chi connectivity index (χ3n) is 5.08. The summed E-state index contributed by atoms with van der Waals surface area (Å²) in [4.78, 5) is 34.6. The van der Waals surface area contributed by atoms with Crippen LogP contribution in [0.3, 0.4) is 0 Å². The molecule has 3 aromatic rings. The number of nitrogens with one attached hydrogen (secondary N) is 2. The summed E-state index contributed by atoms with van der Waals surface area (Å²) in [6, 6.07) is 15.2. The standard InChI is InChI=1S/C21H22N4O2/c1-14-7-2-3-9-16(14)23-20(26)15-8-6-12-25(13-15)19-21(27)24-18-11-5-4-10-17(18)22-19/h2-5,7,9-11,15H,6,8,12-13H2,1H3,(H,23,26)(H,24,27). The Labute approximate surface area is 157 Å². The van der Waals surface area contributed by atoms with Crippen molar-refractivity contribution in [3.63, 3.8) is 0 Å². The Morgan fingerprint density at radius 2 is 1.96 bits per heavy atom. The molecule has 1 aliphatic heterocycles. The van der Waals surface area contributed by atoms with Gasteiger partial charge in [-0.2, -0.15) is 0 Å². The molecule has 4 rings (SSSR count). The molecule has 1 fully saturated rings. The van der Waals surface area contributed by atoms with Crippen molar-refractivity contribution in [3.05, 3.63) is 64.4 Å². The molecule has 0 saturated carbocycles. The number of carbonyl (C=O) groups is 1. The van der Waals surface area contributed by atoms with Gasteiger partial charge in [-0.1, -0.05) is 30.3 Å².